The maximum Gasteiger partial charge on any atom is 0.157 e. The number of rotatable bonds is 2. The van der Waals surface area contributed by atoms with Crippen LogP contribution in [0.2, 0.25) is 0 Å². The van der Waals surface area contributed by atoms with Gasteiger partial charge in [0, 0.05) is 16.3 Å². The van der Waals surface area contributed by atoms with Gasteiger partial charge in [0.25, 0.3) is 0 Å². The fourth-order valence-electron chi connectivity index (χ4n) is 2.42. The number of hydrogen-bond acceptors (Lipinski definition) is 3. The maximum atomic E-state index is 4.78. The molecule has 0 spiro atoms. The van der Waals surface area contributed by atoms with Gasteiger partial charge in [0.1, 0.15) is 5.03 Å². The lowest BCUT2D eigenvalue weighted by Gasteiger charge is -2.07. The molecular weight excluding hydrogens is 278 g/mol. The second-order valence-corrected chi connectivity index (χ2v) is 5.97. The van der Waals surface area contributed by atoms with Crippen LogP contribution in [0.4, 0.5) is 0 Å². The highest BCUT2D eigenvalue weighted by molar-refractivity contribution is 7.99. The number of hydrogen-bond donors (Lipinski definition) is 0. The Morgan fingerprint density at radius 3 is 2.57 bits per heavy atom. The molecule has 0 bridgehead atoms. The van der Waals surface area contributed by atoms with Crippen molar-refractivity contribution in [1.82, 2.24) is 14.6 Å². The first-order valence-corrected chi connectivity index (χ1v) is 7.61. The van der Waals surface area contributed by atoms with E-state index >= 15 is 0 Å². The van der Waals surface area contributed by atoms with E-state index in [9.17, 15) is 0 Å². The fraction of sp³-hybridized carbons (Fsp3) is 0.0588. The van der Waals surface area contributed by atoms with Gasteiger partial charge in [0.2, 0.25) is 0 Å². The van der Waals surface area contributed by atoms with Crippen molar-refractivity contribution < 1.29 is 0 Å². The van der Waals surface area contributed by atoms with Gasteiger partial charge in [-0.25, -0.2) is 9.50 Å². The second-order valence-electron chi connectivity index (χ2n) is 4.90. The quantitative estimate of drug-likeness (QED) is 0.515. The highest BCUT2D eigenvalue weighted by Crippen LogP contribution is 2.32. The minimum Gasteiger partial charge on any atom is -0.221 e. The molecule has 0 aliphatic carbocycles. The third-order valence-electron chi connectivity index (χ3n) is 3.35. The summed E-state index contributed by atoms with van der Waals surface area (Å²) >= 11 is 1.69. The lowest BCUT2D eigenvalue weighted by molar-refractivity contribution is 0.942. The van der Waals surface area contributed by atoms with Gasteiger partial charge < -0.3 is 0 Å². The number of benzene rings is 2. The molecule has 4 heteroatoms. The van der Waals surface area contributed by atoms with Gasteiger partial charge in [-0.15, -0.1) is 0 Å². The van der Waals surface area contributed by atoms with E-state index in [1.807, 2.05) is 47.8 Å². The summed E-state index contributed by atoms with van der Waals surface area (Å²) in [6, 6.07) is 20.6. The molecule has 0 saturated heterocycles. The van der Waals surface area contributed by atoms with E-state index in [1.165, 1.54) is 4.90 Å². The summed E-state index contributed by atoms with van der Waals surface area (Å²) in [7, 11) is 0. The molecule has 2 aromatic carbocycles. The average Bonchev–Trinajstić information content (AvgIpc) is 2.89. The molecule has 0 saturated carbocycles. The van der Waals surface area contributed by atoms with Crippen LogP contribution in [-0.4, -0.2) is 14.6 Å². The third kappa shape index (κ3) is 2.17. The highest BCUT2D eigenvalue weighted by Gasteiger charge is 2.10. The van der Waals surface area contributed by atoms with E-state index in [0.29, 0.717) is 0 Å². The van der Waals surface area contributed by atoms with Gasteiger partial charge in [-0.3, -0.25) is 0 Å². The van der Waals surface area contributed by atoms with Crippen molar-refractivity contribution in [2.75, 3.05) is 0 Å². The van der Waals surface area contributed by atoms with Crippen LogP contribution in [0, 0.1) is 6.92 Å². The molecule has 0 N–H and O–H groups in total. The zero-order chi connectivity index (χ0) is 14.2. The Labute approximate surface area is 126 Å². The van der Waals surface area contributed by atoms with Crippen LogP contribution in [0.15, 0.2) is 70.6 Å². The van der Waals surface area contributed by atoms with Crippen LogP contribution in [0.3, 0.4) is 0 Å². The van der Waals surface area contributed by atoms with Gasteiger partial charge in [-0.1, -0.05) is 48.2 Å². The minimum absolute atomic E-state index is 0.893. The summed E-state index contributed by atoms with van der Waals surface area (Å²) in [6.07, 6.45) is 0. The van der Waals surface area contributed by atoms with Crippen LogP contribution >= 0.6 is 11.8 Å². The van der Waals surface area contributed by atoms with Crippen molar-refractivity contribution in [3.63, 3.8) is 0 Å². The normalized spacial score (nSPS) is 11.3. The summed E-state index contributed by atoms with van der Waals surface area (Å²) in [5.41, 5.74) is 2.97. The van der Waals surface area contributed by atoms with Crippen LogP contribution in [-0.2, 0) is 0 Å². The van der Waals surface area contributed by atoms with Crippen LogP contribution in [0.25, 0.3) is 16.6 Å². The summed E-state index contributed by atoms with van der Waals surface area (Å²) in [4.78, 5) is 5.97. The van der Waals surface area contributed by atoms with E-state index in [1.54, 1.807) is 11.8 Å². The van der Waals surface area contributed by atoms with Gasteiger partial charge in [-0.05, 0) is 25.1 Å². The smallest absolute Gasteiger partial charge is 0.157 e. The molecular formula is C17H13N3S. The Morgan fingerprint density at radius 1 is 0.952 bits per heavy atom. The Hall–Kier alpha value is -2.33. The lowest BCUT2D eigenvalue weighted by Crippen LogP contribution is -1.95. The number of para-hydroxylation sites is 1. The number of fused-ring (bicyclic) bond motifs is 3. The molecule has 0 atom stereocenters. The predicted molar refractivity (Wildman–Crippen MR) is 85.8 cm³/mol. The van der Waals surface area contributed by atoms with E-state index in [4.69, 9.17) is 4.98 Å². The summed E-state index contributed by atoms with van der Waals surface area (Å²) in [6.45, 7) is 1.99. The third-order valence-corrected chi connectivity index (χ3v) is 4.36. The van der Waals surface area contributed by atoms with Crippen molar-refractivity contribution in [3.8, 4) is 0 Å². The Balaban J connectivity index is 1.98. The molecule has 102 valence electrons. The van der Waals surface area contributed by atoms with Crippen molar-refractivity contribution in [3.05, 3.63) is 66.4 Å². The first kappa shape index (κ1) is 12.4. The SMILES string of the molecule is Cc1cc2nc(Sc3ccccc3)c3ccccc3n2n1. The Morgan fingerprint density at radius 2 is 1.71 bits per heavy atom. The molecule has 0 fully saturated rings. The van der Waals surface area contributed by atoms with E-state index in [0.717, 1.165) is 27.3 Å². The van der Waals surface area contributed by atoms with E-state index < -0.39 is 0 Å². The molecule has 0 unspecified atom stereocenters. The molecule has 0 aliphatic heterocycles. The summed E-state index contributed by atoms with van der Waals surface area (Å²) in [5, 5.41) is 6.68. The van der Waals surface area contributed by atoms with Gasteiger partial charge >= 0.3 is 0 Å². The minimum atomic E-state index is 0.893. The first-order valence-electron chi connectivity index (χ1n) is 6.79. The van der Waals surface area contributed by atoms with Crippen LogP contribution in [0.5, 0.6) is 0 Å². The molecule has 0 radical (unpaired) electrons. The molecule has 4 aromatic rings. The molecule has 0 amide bonds. The van der Waals surface area contributed by atoms with Gasteiger partial charge in [0.15, 0.2) is 5.65 Å². The molecule has 0 aliphatic rings. The predicted octanol–water partition coefficient (Wildman–Crippen LogP) is 4.34. The van der Waals surface area contributed by atoms with Crippen molar-refractivity contribution in [2.24, 2.45) is 0 Å². The monoisotopic (exact) mass is 291 g/mol. The number of aryl methyl sites for hydroxylation is 1. The zero-order valence-electron chi connectivity index (χ0n) is 11.5. The van der Waals surface area contributed by atoms with Crippen molar-refractivity contribution in [2.45, 2.75) is 16.8 Å². The Kier molecular flexibility index (Phi) is 2.89. The summed E-state index contributed by atoms with van der Waals surface area (Å²) in [5.74, 6) is 0. The van der Waals surface area contributed by atoms with Gasteiger partial charge in [-0.2, -0.15) is 5.10 Å². The molecule has 2 heterocycles. The van der Waals surface area contributed by atoms with Crippen molar-refractivity contribution >= 4 is 28.3 Å². The van der Waals surface area contributed by atoms with Crippen molar-refractivity contribution in [1.29, 1.82) is 0 Å². The Bertz CT molecular complexity index is 929. The molecule has 21 heavy (non-hydrogen) atoms. The molecule has 3 nitrogen and oxygen atoms in total. The maximum absolute atomic E-state index is 4.78. The van der Waals surface area contributed by atoms with Crippen LogP contribution in [0.1, 0.15) is 5.69 Å². The lowest BCUT2D eigenvalue weighted by atomic mass is 10.2. The summed E-state index contributed by atoms with van der Waals surface area (Å²) < 4.78 is 1.92. The van der Waals surface area contributed by atoms with E-state index in [-0.39, 0.29) is 0 Å². The molecule has 2 aromatic heterocycles. The molecule has 4 rings (SSSR count). The standard InChI is InChI=1S/C17H13N3S/c1-12-11-16-18-17(21-13-7-3-2-4-8-13)14-9-5-6-10-15(14)20(16)19-12/h2-11H,1H3. The fourth-order valence-corrected chi connectivity index (χ4v) is 3.36. The van der Waals surface area contributed by atoms with Gasteiger partial charge in [0.05, 0.1) is 11.2 Å². The first-order chi connectivity index (χ1) is 10.3. The largest absolute Gasteiger partial charge is 0.221 e. The topological polar surface area (TPSA) is 30.2 Å². The van der Waals surface area contributed by atoms with Crippen LogP contribution < -0.4 is 0 Å². The average molecular weight is 291 g/mol. The second kappa shape index (κ2) is 4.90. The zero-order valence-corrected chi connectivity index (χ0v) is 12.3. The highest BCUT2D eigenvalue weighted by atomic mass is 32.2. The number of nitrogens with zero attached hydrogens (tertiary/aromatic N) is 3. The van der Waals surface area contributed by atoms with E-state index in [2.05, 4.69) is 29.4 Å². The number of aromatic nitrogens is 3.